The van der Waals surface area contributed by atoms with Crippen molar-refractivity contribution >= 4 is 0 Å². The summed E-state index contributed by atoms with van der Waals surface area (Å²) in [5.74, 6) is 0.790. The minimum atomic E-state index is 0.790. The number of rotatable bonds is 9. The Morgan fingerprint density at radius 2 is 1.47 bits per heavy atom. The van der Waals surface area contributed by atoms with Crippen molar-refractivity contribution in [2.24, 2.45) is 5.92 Å². The molecule has 0 rings (SSSR count). The molecule has 0 heteroatoms. The number of hydrogen-bond donors (Lipinski definition) is 0. The summed E-state index contributed by atoms with van der Waals surface area (Å²) in [6, 6.07) is 0. The summed E-state index contributed by atoms with van der Waals surface area (Å²) in [5.41, 5.74) is 1.72. The SMILES string of the molecule is CCCCC(=CC(C)CCC)CCCC. The molecule has 0 aliphatic carbocycles. The molecule has 15 heavy (non-hydrogen) atoms. The molecule has 1 unspecified atom stereocenters. The predicted octanol–water partition coefficient (Wildman–Crippen LogP) is 5.73. The Morgan fingerprint density at radius 1 is 0.933 bits per heavy atom. The fourth-order valence-electron chi connectivity index (χ4n) is 2.04. The van der Waals surface area contributed by atoms with Gasteiger partial charge < -0.3 is 0 Å². The first kappa shape index (κ1) is 14.7. The van der Waals surface area contributed by atoms with Crippen molar-refractivity contribution in [3.05, 3.63) is 11.6 Å². The Morgan fingerprint density at radius 3 is 1.87 bits per heavy atom. The highest BCUT2D eigenvalue weighted by atomic mass is 14.1. The minimum absolute atomic E-state index is 0.790. The Labute approximate surface area is 97.2 Å². The Hall–Kier alpha value is -0.260. The first-order chi connectivity index (χ1) is 7.24. The zero-order valence-electron chi connectivity index (χ0n) is 11.3. The van der Waals surface area contributed by atoms with E-state index >= 15 is 0 Å². The van der Waals surface area contributed by atoms with Gasteiger partial charge in [0.2, 0.25) is 0 Å². The Balaban J connectivity index is 4.05. The number of hydrogen-bond acceptors (Lipinski definition) is 0. The molecule has 0 aliphatic heterocycles. The molecule has 1 atom stereocenters. The third-order valence-electron chi connectivity index (χ3n) is 2.97. The van der Waals surface area contributed by atoms with Crippen LogP contribution in [-0.2, 0) is 0 Å². The van der Waals surface area contributed by atoms with E-state index in [0.717, 1.165) is 5.92 Å². The van der Waals surface area contributed by atoms with E-state index in [4.69, 9.17) is 0 Å². The van der Waals surface area contributed by atoms with Gasteiger partial charge in [-0.15, -0.1) is 0 Å². The lowest BCUT2D eigenvalue weighted by molar-refractivity contribution is 0.615. The van der Waals surface area contributed by atoms with Gasteiger partial charge in [0.25, 0.3) is 0 Å². The molecule has 0 aromatic rings. The molecule has 0 bridgehead atoms. The van der Waals surface area contributed by atoms with Crippen molar-refractivity contribution in [1.29, 1.82) is 0 Å². The van der Waals surface area contributed by atoms with E-state index in [9.17, 15) is 0 Å². The molecule has 0 fully saturated rings. The monoisotopic (exact) mass is 210 g/mol. The summed E-state index contributed by atoms with van der Waals surface area (Å²) >= 11 is 0. The van der Waals surface area contributed by atoms with E-state index in [0.29, 0.717) is 0 Å². The largest absolute Gasteiger partial charge is 0.0825 e. The first-order valence-electron chi connectivity index (χ1n) is 6.94. The molecule has 0 heterocycles. The lowest BCUT2D eigenvalue weighted by Crippen LogP contribution is -1.93. The van der Waals surface area contributed by atoms with E-state index in [1.807, 2.05) is 0 Å². The molecule has 90 valence electrons. The maximum Gasteiger partial charge on any atom is -0.0259 e. The van der Waals surface area contributed by atoms with Gasteiger partial charge in [-0.2, -0.15) is 0 Å². The van der Waals surface area contributed by atoms with Crippen LogP contribution in [0.15, 0.2) is 11.6 Å². The summed E-state index contributed by atoms with van der Waals surface area (Å²) in [5, 5.41) is 0. The van der Waals surface area contributed by atoms with Gasteiger partial charge in [-0.3, -0.25) is 0 Å². The smallest absolute Gasteiger partial charge is 0.0259 e. The summed E-state index contributed by atoms with van der Waals surface area (Å²) in [4.78, 5) is 0. The normalized spacial score (nSPS) is 12.5. The highest BCUT2D eigenvalue weighted by Crippen LogP contribution is 2.19. The molecule has 0 amide bonds. The van der Waals surface area contributed by atoms with Gasteiger partial charge in [0.15, 0.2) is 0 Å². The van der Waals surface area contributed by atoms with Gasteiger partial charge in [0.1, 0.15) is 0 Å². The van der Waals surface area contributed by atoms with E-state index in [1.165, 1.54) is 51.4 Å². The molecule has 0 nitrogen and oxygen atoms in total. The molecule has 0 radical (unpaired) electrons. The number of allylic oxidation sites excluding steroid dienone is 2. The first-order valence-corrected chi connectivity index (χ1v) is 6.94. The zero-order valence-corrected chi connectivity index (χ0v) is 11.3. The van der Waals surface area contributed by atoms with E-state index < -0.39 is 0 Å². The molecular weight excluding hydrogens is 180 g/mol. The topological polar surface area (TPSA) is 0 Å². The van der Waals surface area contributed by atoms with Crippen LogP contribution in [0.3, 0.4) is 0 Å². The quantitative estimate of drug-likeness (QED) is 0.426. The predicted molar refractivity (Wildman–Crippen MR) is 71.2 cm³/mol. The van der Waals surface area contributed by atoms with Gasteiger partial charge in [-0.05, 0) is 38.0 Å². The highest BCUT2D eigenvalue weighted by Gasteiger charge is 2.01. The standard InChI is InChI=1S/C15H30/c1-5-8-11-15(12-9-6-2)13-14(4)10-7-3/h13-14H,5-12H2,1-4H3. The average Bonchev–Trinajstić information content (AvgIpc) is 2.22. The second-order valence-electron chi connectivity index (χ2n) is 4.80. The highest BCUT2D eigenvalue weighted by molar-refractivity contribution is 5.03. The lowest BCUT2D eigenvalue weighted by Gasteiger charge is -2.10. The van der Waals surface area contributed by atoms with Crippen LogP contribution in [-0.4, -0.2) is 0 Å². The van der Waals surface area contributed by atoms with E-state index in [2.05, 4.69) is 33.8 Å². The van der Waals surface area contributed by atoms with Crippen LogP contribution in [0.25, 0.3) is 0 Å². The van der Waals surface area contributed by atoms with Crippen molar-refractivity contribution in [1.82, 2.24) is 0 Å². The van der Waals surface area contributed by atoms with Crippen LogP contribution in [0.5, 0.6) is 0 Å². The molecule has 0 saturated carbocycles. The van der Waals surface area contributed by atoms with Crippen molar-refractivity contribution in [2.45, 2.75) is 79.1 Å². The molecule has 0 saturated heterocycles. The van der Waals surface area contributed by atoms with Crippen LogP contribution in [0.4, 0.5) is 0 Å². The summed E-state index contributed by atoms with van der Waals surface area (Å²) in [6.07, 6.45) is 13.3. The van der Waals surface area contributed by atoms with Gasteiger partial charge in [0, 0.05) is 0 Å². The van der Waals surface area contributed by atoms with Crippen LogP contribution >= 0.6 is 0 Å². The molecule has 0 aromatic carbocycles. The minimum Gasteiger partial charge on any atom is -0.0825 e. The third kappa shape index (κ3) is 8.72. The van der Waals surface area contributed by atoms with Crippen molar-refractivity contribution in [3.8, 4) is 0 Å². The second-order valence-corrected chi connectivity index (χ2v) is 4.80. The van der Waals surface area contributed by atoms with E-state index in [1.54, 1.807) is 5.57 Å². The molecule has 0 N–H and O–H groups in total. The Bertz CT molecular complexity index is 145. The van der Waals surface area contributed by atoms with Crippen molar-refractivity contribution < 1.29 is 0 Å². The molecular formula is C15H30. The van der Waals surface area contributed by atoms with E-state index in [-0.39, 0.29) is 0 Å². The molecule has 0 aromatic heterocycles. The maximum absolute atomic E-state index is 2.55. The molecule has 0 aliphatic rings. The van der Waals surface area contributed by atoms with Crippen LogP contribution < -0.4 is 0 Å². The summed E-state index contributed by atoms with van der Waals surface area (Å²) in [7, 11) is 0. The lowest BCUT2D eigenvalue weighted by atomic mass is 9.96. The summed E-state index contributed by atoms with van der Waals surface area (Å²) < 4.78 is 0. The van der Waals surface area contributed by atoms with Crippen molar-refractivity contribution in [3.63, 3.8) is 0 Å². The fraction of sp³-hybridized carbons (Fsp3) is 0.867. The third-order valence-corrected chi connectivity index (χ3v) is 2.97. The Kier molecular flexibility index (Phi) is 10.1. The fourth-order valence-corrected chi connectivity index (χ4v) is 2.04. The van der Waals surface area contributed by atoms with Gasteiger partial charge in [-0.25, -0.2) is 0 Å². The second kappa shape index (κ2) is 10.3. The van der Waals surface area contributed by atoms with Gasteiger partial charge in [-0.1, -0.05) is 58.6 Å². The molecule has 0 spiro atoms. The van der Waals surface area contributed by atoms with Crippen LogP contribution in [0, 0.1) is 5.92 Å². The summed E-state index contributed by atoms with van der Waals surface area (Å²) in [6.45, 7) is 9.21. The zero-order chi connectivity index (χ0) is 11.5. The van der Waals surface area contributed by atoms with Crippen LogP contribution in [0.2, 0.25) is 0 Å². The maximum atomic E-state index is 2.55. The average molecular weight is 210 g/mol. The number of unbranched alkanes of at least 4 members (excludes halogenated alkanes) is 2. The van der Waals surface area contributed by atoms with Gasteiger partial charge >= 0.3 is 0 Å². The van der Waals surface area contributed by atoms with Gasteiger partial charge in [0.05, 0.1) is 0 Å². The van der Waals surface area contributed by atoms with Crippen LogP contribution in [0.1, 0.15) is 79.1 Å². The van der Waals surface area contributed by atoms with Crippen molar-refractivity contribution in [2.75, 3.05) is 0 Å².